The van der Waals surface area contributed by atoms with Gasteiger partial charge < -0.3 is 24.4 Å². The first-order valence-corrected chi connectivity index (χ1v) is 15.9. The molecule has 3 aromatic carbocycles. The van der Waals surface area contributed by atoms with E-state index in [4.69, 9.17) is 9.47 Å². The number of hydrogen-bond acceptors (Lipinski definition) is 6. The molecule has 1 unspecified atom stereocenters. The van der Waals surface area contributed by atoms with Gasteiger partial charge in [0.1, 0.15) is 11.8 Å². The Hall–Kier alpha value is -3.93. The molecule has 2 fully saturated rings. The van der Waals surface area contributed by atoms with Gasteiger partial charge >= 0.3 is 12.0 Å². The molecule has 1 atom stereocenters. The number of rotatable bonds is 9. The van der Waals surface area contributed by atoms with Gasteiger partial charge in [0.05, 0.1) is 25.2 Å². The number of carboxylic acid groups (broad SMARTS) is 1. The normalized spacial score (nSPS) is 17.1. The predicted molar refractivity (Wildman–Crippen MR) is 161 cm³/mol. The summed E-state index contributed by atoms with van der Waals surface area (Å²) in [5, 5.41) is 10.5. The van der Waals surface area contributed by atoms with Gasteiger partial charge in [0.25, 0.3) is 0 Å². The number of urea groups is 1. The average molecular weight is 608 g/mol. The van der Waals surface area contributed by atoms with Crippen molar-refractivity contribution >= 4 is 22.0 Å². The minimum Gasteiger partial charge on any atom is -0.497 e. The number of carbonyl (C=O) groups is 2. The van der Waals surface area contributed by atoms with Gasteiger partial charge in [-0.15, -0.1) is 0 Å². The third-order valence-corrected chi connectivity index (χ3v) is 10.0. The van der Waals surface area contributed by atoms with Crippen LogP contribution in [0.3, 0.4) is 0 Å². The lowest BCUT2D eigenvalue weighted by Crippen LogP contribution is -2.54. The van der Waals surface area contributed by atoms with Crippen LogP contribution in [0.1, 0.15) is 18.4 Å². The van der Waals surface area contributed by atoms with Gasteiger partial charge in [-0.05, 0) is 59.7 Å². The SMILES string of the molecule is COc1ccc(-c2ccc(S(=O)(=O)N(Cc3ccccc3)C(C(=O)O)C3CCN(C(=O)N4CCOCC4)CC3)cc2)cc1. The molecule has 0 saturated carbocycles. The second-order valence-corrected chi connectivity index (χ2v) is 12.7. The van der Waals surface area contributed by atoms with Crippen LogP contribution in [0.5, 0.6) is 5.75 Å². The molecule has 3 aromatic rings. The van der Waals surface area contributed by atoms with Crippen molar-refractivity contribution in [2.75, 3.05) is 46.5 Å². The summed E-state index contributed by atoms with van der Waals surface area (Å²) in [5.41, 5.74) is 2.41. The highest BCUT2D eigenvalue weighted by molar-refractivity contribution is 7.89. The Balaban J connectivity index is 1.40. The van der Waals surface area contributed by atoms with Crippen LogP contribution in [0.2, 0.25) is 0 Å². The molecule has 1 N–H and O–H groups in total. The molecule has 0 spiro atoms. The van der Waals surface area contributed by atoms with Gasteiger partial charge in [0.15, 0.2) is 0 Å². The number of morpholine rings is 1. The van der Waals surface area contributed by atoms with Crippen LogP contribution in [0, 0.1) is 5.92 Å². The smallest absolute Gasteiger partial charge is 0.322 e. The number of benzene rings is 3. The van der Waals surface area contributed by atoms with E-state index in [2.05, 4.69) is 0 Å². The first kappa shape index (κ1) is 30.5. The molecule has 2 amide bonds. The number of carbonyl (C=O) groups excluding carboxylic acids is 1. The van der Waals surface area contributed by atoms with Crippen LogP contribution < -0.4 is 4.74 Å². The second kappa shape index (κ2) is 13.6. The zero-order valence-electron chi connectivity index (χ0n) is 24.2. The number of sulfonamides is 1. The summed E-state index contributed by atoms with van der Waals surface area (Å²) >= 11 is 0. The minimum atomic E-state index is -4.22. The van der Waals surface area contributed by atoms with Gasteiger partial charge in [-0.3, -0.25) is 4.79 Å². The molecule has 10 nitrogen and oxygen atoms in total. The molecule has 0 aromatic heterocycles. The van der Waals surface area contributed by atoms with Crippen molar-refractivity contribution in [2.24, 2.45) is 5.92 Å². The number of aliphatic carboxylic acids is 1. The van der Waals surface area contributed by atoms with Crippen LogP contribution in [0.25, 0.3) is 11.1 Å². The van der Waals surface area contributed by atoms with Gasteiger partial charge in [-0.2, -0.15) is 4.31 Å². The monoisotopic (exact) mass is 607 g/mol. The molecule has 5 rings (SSSR count). The molecular formula is C32H37N3O7S. The van der Waals surface area contributed by atoms with Crippen molar-refractivity contribution < 1.29 is 32.6 Å². The van der Waals surface area contributed by atoms with E-state index < -0.39 is 28.0 Å². The third-order valence-electron chi connectivity index (χ3n) is 8.17. The molecule has 228 valence electrons. The van der Waals surface area contributed by atoms with E-state index in [-0.39, 0.29) is 17.5 Å². The van der Waals surface area contributed by atoms with Crippen molar-refractivity contribution in [2.45, 2.75) is 30.3 Å². The molecule has 11 heteroatoms. The predicted octanol–water partition coefficient (Wildman–Crippen LogP) is 4.17. The Morgan fingerprint density at radius 3 is 2.00 bits per heavy atom. The number of piperidine rings is 1. The molecule has 2 aliphatic heterocycles. The Morgan fingerprint density at radius 2 is 1.44 bits per heavy atom. The number of nitrogens with zero attached hydrogens (tertiary/aromatic N) is 3. The first-order valence-electron chi connectivity index (χ1n) is 14.4. The summed E-state index contributed by atoms with van der Waals surface area (Å²) in [4.78, 5) is 29.4. The van der Waals surface area contributed by atoms with E-state index >= 15 is 0 Å². The Morgan fingerprint density at radius 1 is 0.884 bits per heavy atom. The maximum absolute atomic E-state index is 14.2. The van der Waals surface area contributed by atoms with Gasteiger partial charge in [-0.1, -0.05) is 54.6 Å². The molecular weight excluding hydrogens is 570 g/mol. The number of hydrogen-bond donors (Lipinski definition) is 1. The molecule has 43 heavy (non-hydrogen) atoms. The Kier molecular flexibility index (Phi) is 9.64. The van der Waals surface area contributed by atoms with Gasteiger partial charge in [-0.25, -0.2) is 13.2 Å². The summed E-state index contributed by atoms with van der Waals surface area (Å²) in [6.45, 7) is 2.68. The van der Waals surface area contributed by atoms with E-state index in [1.54, 1.807) is 53.3 Å². The number of ether oxygens (including phenoxy) is 2. The average Bonchev–Trinajstić information content (AvgIpc) is 3.05. The number of carboxylic acids is 1. The van der Waals surface area contributed by atoms with E-state index in [0.717, 1.165) is 21.2 Å². The maximum Gasteiger partial charge on any atom is 0.322 e. The van der Waals surface area contributed by atoms with E-state index in [0.29, 0.717) is 57.8 Å². The lowest BCUT2D eigenvalue weighted by Gasteiger charge is -2.40. The number of methoxy groups -OCH3 is 1. The standard InChI is InChI=1S/C32H37N3O7S/c1-41-28-11-7-25(8-12-28)26-9-13-29(14-10-26)43(39,40)35(23-24-5-3-2-4-6-24)30(31(36)37)27-15-17-33(18-16-27)32(38)34-19-21-42-22-20-34/h2-14,27,30H,15-23H2,1H3,(H,36,37). The number of amides is 2. The van der Waals surface area contributed by atoms with Crippen molar-refractivity contribution in [3.05, 3.63) is 84.4 Å². The number of likely N-dealkylation sites (tertiary alicyclic amines) is 1. The molecule has 2 heterocycles. The van der Waals surface area contributed by atoms with Crippen molar-refractivity contribution in [3.8, 4) is 16.9 Å². The van der Waals surface area contributed by atoms with Gasteiger partial charge in [0, 0.05) is 32.7 Å². The van der Waals surface area contributed by atoms with Crippen LogP contribution in [0.4, 0.5) is 4.79 Å². The summed E-state index contributed by atoms with van der Waals surface area (Å²) < 4.78 is 40.1. The largest absolute Gasteiger partial charge is 0.497 e. The zero-order valence-corrected chi connectivity index (χ0v) is 25.0. The Labute approximate surface area is 252 Å². The third kappa shape index (κ3) is 7.01. The van der Waals surface area contributed by atoms with Crippen molar-refractivity contribution in [1.82, 2.24) is 14.1 Å². The van der Waals surface area contributed by atoms with Gasteiger partial charge in [0.2, 0.25) is 10.0 Å². The fraction of sp³-hybridized carbons (Fsp3) is 0.375. The minimum absolute atomic E-state index is 0.0203. The highest BCUT2D eigenvalue weighted by atomic mass is 32.2. The maximum atomic E-state index is 14.2. The van der Waals surface area contributed by atoms with Crippen molar-refractivity contribution in [3.63, 3.8) is 0 Å². The molecule has 2 aliphatic rings. The fourth-order valence-corrected chi connectivity index (χ4v) is 7.39. The van der Waals surface area contributed by atoms with E-state index in [1.165, 1.54) is 12.1 Å². The fourth-order valence-electron chi connectivity index (χ4n) is 5.76. The highest BCUT2D eigenvalue weighted by Gasteiger charge is 2.43. The first-order chi connectivity index (χ1) is 20.8. The molecule has 0 radical (unpaired) electrons. The summed E-state index contributed by atoms with van der Waals surface area (Å²) in [6.07, 6.45) is 0.758. The molecule has 0 aliphatic carbocycles. The molecule has 0 bridgehead atoms. The van der Waals surface area contributed by atoms with Crippen LogP contribution in [-0.4, -0.2) is 92.2 Å². The molecule has 2 saturated heterocycles. The highest BCUT2D eigenvalue weighted by Crippen LogP contribution is 2.32. The van der Waals surface area contributed by atoms with Crippen LogP contribution in [0.15, 0.2) is 83.8 Å². The quantitative estimate of drug-likeness (QED) is 0.388. The topological polar surface area (TPSA) is 117 Å². The Bertz CT molecular complexity index is 1480. The summed E-state index contributed by atoms with van der Waals surface area (Å²) in [7, 11) is -2.63. The zero-order chi connectivity index (χ0) is 30.4. The summed E-state index contributed by atoms with van der Waals surface area (Å²) in [6, 6.07) is 21.6. The second-order valence-electron chi connectivity index (χ2n) is 10.8. The van der Waals surface area contributed by atoms with E-state index in [9.17, 15) is 23.1 Å². The van der Waals surface area contributed by atoms with Crippen LogP contribution in [-0.2, 0) is 26.1 Å². The summed E-state index contributed by atoms with van der Waals surface area (Å²) in [5.74, 6) is -0.953. The lowest BCUT2D eigenvalue weighted by molar-refractivity contribution is -0.144. The van der Waals surface area contributed by atoms with Crippen molar-refractivity contribution in [1.29, 1.82) is 0 Å². The lowest BCUT2D eigenvalue weighted by atomic mass is 9.89. The van der Waals surface area contributed by atoms with Crippen LogP contribution >= 0.6 is 0 Å². The van der Waals surface area contributed by atoms with E-state index in [1.807, 2.05) is 30.3 Å².